The highest BCUT2D eigenvalue weighted by molar-refractivity contribution is 6.07. The summed E-state index contributed by atoms with van der Waals surface area (Å²) in [5.74, 6) is -1.13. The highest BCUT2D eigenvalue weighted by Crippen LogP contribution is 2.43. The van der Waals surface area contributed by atoms with Crippen LogP contribution in [0.2, 0.25) is 0 Å². The molecule has 7 nitrogen and oxygen atoms in total. The minimum Gasteiger partial charge on any atom is -0.366 e. The average molecular weight is 422 g/mol. The van der Waals surface area contributed by atoms with Crippen molar-refractivity contribution in [2.24, 2.45) is 5.92 Å². The van der Waals surface area contributed by atoms with Crippen molar-refractivity contribution in [3.05, 3.63) is 29.8 Å². The second-order valence-corrected chi connectivity index (χ2v) is 8.54. The summed E-state index contributed by atoms with van der Waals surface area (Å²) in [6.45, 7) is 5.10. The van der Waals surface area contributed by atoms with Gasteiger partial charge >= 0.3 is 6.03 Å². The number of carbonyl (C=O) groups excluding carboxylic acids is 2. The lowest BCUT2D eigenvalue weighted by Crippen LogP contribution is -2.52. The van der Waals surface area contributed by atoms with E-state index in [1.807, 2.05) is 11.8 Å². The second-order valence-electron chi connectivity index (χ2n) is 8.54. The summed E-state index contributed by atoms with van der Waals surface area (Å²) in [4.78, 5) is 28.0. The van der Waals surface area contributed by atoms with Crippen LogP contribution in [0.3, 0.4) is 0 Å². The van der Waals surface area contributed by atoms with Gasteiger partial charge in [0, 0.05) is 44.0 Å². The van der Waals surface area contributed by atoms with E-state index >= 15 is 0 Å². The lowest BCUT2D eigenvalue weighted by atomic mass is 9.88. The van der Waals surface area contributed by atoms with Gasteiger partial charge in [0.1, 0.15) is 17.2 Å². The van der Waals surface area contributed by atoms with Crippen molar-refractivity contribution in [1.82, 2.24) is 15.5 Å². The molecule has 0 aromatic heterocycles. The largest absolute Gasteiger partial charge is 0.366 e. The number of rotatable bonds is 8. The van der Waals surface area contributed by atoms with Crippen molar-refractivity contribution >= 4 is 17.6 Å². The predicted molar refractivity (Wildman–Crippen MR) is 107 cm³/mol. The number of imide groups is 1. The zero-order valence-electron chi connectivity index (χ0n) is 17.1. The molecule has 1 saturated carbocycles. The molecule has 0 bridgehead atoms. The van der Waals surface area contributed by atoms with Gasteiger partial charge in [-0.1, -0.05) is 0 Å². The maximum absolute atomic E-state index is 13.5. The van der Waals surface area contributed by atoms with Gasteiger partial charge in [-0.25, -0.2) is 13.6 Å². The van der Waals surface area contributed by atoms with Gasteiger partial charge in [-0.05, 0) is 50.7 Å². The minimum absolute atomic E-state index is 0.0964. The smallest absolute Gasteiger partial charge is 0.322 e. The third kappa shape index (κ3) is 4.41. The Bertz CT molecular complexity index is 799. The van der Waals surface area contributed by atoms with Crippen molar-refractivity contribution < 1.29 is 23.1 Å². The standard InChI is InChI=1S/C21H28F2N4O3/c1-14-12-26(6-7-27(14)18-10-16(22)9-17(23)11-18)13-30-8-2-5-21(15-3-4-15)19(28)24-20(29)25-21/h9-11,14-15H,2-8,12-13H2,1H3,(H2,24,25,28,29)/t14-,21?/m0/s1. The summed E-state index contributed by atoms with van der Waals surface area (Å²) >= 11 is 0. The number of carbonyl (C=O) groups is 2. The Balaban J connectivity index is 1.20. The molecular weight excluding hydrogens is 394 g/mol. The molecule has 1 aromatic rings. The molecule has 2 heterocycles. The second kappa shape index (κ2) is 8.47. The number of nitrogens with zero attached hydrogens (tertiary/aromatic N) is 2. The Morgan fingerprint density at radius 1 is 1.17 bits per heavy atom. The Hall–Kier alpha value is -2.26. The topological polar surface area (TPSA) is 73.9 Å². The third-order valence-electron chi connectivity index (χ3n) is 6.27. The number of anilines is 1. The molecule has 2 aliphatic heterocycles. The lowest BCUT2D eigenvalue weighted by Gasteiger charge is -2.41. The van der Waals surface area contributed by atoms with Crippen LogP contribution in [0.1, 0.15) is 32.6 Å². The SMILES string of the molecule is C[C@H]1CN(COCCCC2(C3CC3)NC(=O)NC2=O)CCN1c1cc(F)cc(F)c1. The van der Waals surface area contributed by atoms with Crippen LogP contribution in [0.4, 0.5) is 19.3 Å². The van der Waals surface area contributed by atoms with Crippen molar-refractivity contribution in [3.63, 3.8) is 0 Å². The maximum atomic E-state index is 13.5. The third-order valence-corrected chi connectivity index (χ3v) is 6.27. The molecule has 30 heavy (non-hydrogen) atoms. The molecule has 3 fully saturated rings. The molecule has 2 saturated heterocycles. The fraction of sp³-hybridized carbons (Fsp3) is 0.619. The number of benzene rings is 1. The van der Waals surface area contributed by atoms with Crippen LogP contribution in [-0.2, 0) is 9.53 Å². The number of hydrogen-bond acceptors (Lipinski definition) is 5. The Morgan fingerprint density at radius 3 is 2.50 bits per heavy atom. The van der Waals surface area contributed by atoms with Crippen molar-refractivity contribution in [2.75, 3.05) is 37.9 Å². The fourth-order valence-electron chi connectivity index (χ4n) is 4.63. The Morgan fingerprint density at radius 2 is 1.90 bits per heavy atom. The average Bonchev–Trinajstić information content (AvgIpc) is 3.47. The number of amides is 3. The number of piperazine rings is 1. The van der Waals surface area contributed by atoms with Gasteiger partial charge in [0.25, 0.3) is 5.91 Å². The van der Waals surface area contributed by atoms with Gasteiger partial charge in [-0.3, -0.25) is 15.0 Å². The zero-order chi connectivity index (χ0) is 21.3. The molecule has 4 rings (SSSR count). The summed E-state index contributed by atoms with van der Waals surface area (Å²) < 4.78 is 32.8. The fourth-order valence-corrected chi connectivity index (χ4v) is 4.63. The number of hydrogen-bond donors (Lipinski definition) is 2. The summed E-state index contributed by atoms with van der Waals surface area (Å²) in [5, 5.41) is 5.19. The monoisotopic (exact) mass is 422 g/mol. The first-order chi connectivity index (χ1) is 14.4. The highest BCUT2D eigenvalue weighted by atomic mass is 19.1. The molecule has 1 aromatic carbocycles. The van der Waals surface area contributed by atoms with E-state index in [9.17, 15) is 18.4 Å². The summed E-state index contributed by atoms with van der Waals surface area (Å²) in [5.41, 5.74) is -0.205. The van der Waals surface area contributed by atoms with E-state index in [1.54, 1.807) is 0 Å². The number of halogens is 2. The summed E-state index contributed by atoms with van der Waals surface area (Å²) in [6.07, 6.45) is 3.19. The number of ether oxygens (including phenoxy) is 1. The molecule has 2 N–H and O–H groups in total. The van der Waals surface area contributed by atoms with Gasteiger partial charge in [0.15, 0.2) is 0 Å². The van der Waals surface area contributed by atoms with Gasteiger partial charge in [0.2, 0.25) is 0 Å². The van der Waals surface area contributed by atoms with Gasteiger partial charge in [0.05, 0.1) is 6.73 Å². The van der Waals surface area contributed by atoms with Crippen LogP contribution in [0.5, 0.6) is 0 Å². The van der Waals surface area contributed by atoms with Crippen molar-refractivity contribution in [1.29, 1.82) is 0 Å². The normalized spacial score (nSPS) is 27.3. The highest BCUT2D eigenvalue weighted by Gasteiger charge is 2.55. The van der Waals surface area contributed by atoms with E-state index in [1.165, 1.54) is 12.1 Å². The van der Waals surface area contributed by atoms with E-state index < -0.39 is 23.2 Å². The molecule has 2 atom stereocenters. The van der Waals surface area contributed by atoms with E-state index in [4.69, 9.17) is 4.74 Å². The molecule has 0 spiro atoms. The molecule has 0 radical (unpaired) electrons. The molecular formula is C21H28F2N4O3. The predicted octanol–water partition coefficient (Wildman–Crippen LogP) is 2.22. The Labute approximate surface area is 174 Å². The molecule has 9 heteroatoms. The van der Waals surface area contributed by atoms with Gasteiger partial charge in [-0.2, -0.15) is 0 Å². The number of urea groups is 1. The molecule has 3 amide bonds. The van der Waals surface area contributed by atoms with Crippen LogP contribution in [0.15, 0.2) is 18.2 Å². The maximum Gasteiger partial charge on any atom is 0.322 e. The quantitative estimate of drug-likeness (QED) is 0.497. The van der Waals surface area contributed by atoms with Gasteiger partial charge < -0.3 is 15.0 Å². The molecule has 1 aliphatic carbocycles. The van der Waals surface area contributed by atoms with E-state index in [-0.39, 0.29) is 17.9 Å². The molecule has 1 unspecified atom stereocenters. The molecule has 3 aliphatic rings. The van der Waals surface area contributed by atoms with Crippen molar-refractivity contribution in [2.45, 2.75) is 44.2 Å². The zero-order valence-corrected chi connectivity index (χ0v) is 17.1. The summed E-state index contributed by atoms with van der Waals surface area (Å²) in [6, 6.07) is 3.29. The van der Waals surface area contributed by atoms with Crippen molar-refractivity contribution in [3.8, 4) is 0 Å². The van der Waals surface area contributed by atoms with Crippen LogP contribution in [0, 0.1) is 17.6 Å². The van der Waals surface area contributed by atoms with Crippen LogP contribution >= 0.6 is 0 Å². The first-order valence-corrected chi connectivity index (χ1v) is 10.5. The summed E-state index contributed by atoms with van der Waals surface area (Å²) in [7, 11) is 0. The van der Waals surface area contributed by atoms with Crippen LogP contribution in [-0.4, -0.2) is 61.4 Å². The first kappa shape index (κ1) is 21.0. The number of nitrogens with one attached hydrogen (secondary N) is 2. The first-order valence-electron chi connectivity index (χ1n) is 10.5. The lowest BCUT2D eigenvalue weighted by molar-refractivity contribution is -0.125. The Kier molecular flexibility index (Phi) is 5.92. The minimum atomic E-state index is -0.763. The molecule has 164 valence electrons. The van der Waals surface area contributed by atoms with E-state index in [0.29, 0.717) is 38.4 Å². The van der Waals surface area contributed by atoms with Crippen LogP contribution < -0.4 is 15.5 Å². The van der Waals surface area contributed by atoms with Gasteiger partial charge in [-0.15, -0.1) is 0 Å². The van der Waals surface area contributed by atoms with Crippen LogP contribution in [0.25, 0.3) is 0 Å². The van der Waals surface area contributed by atoms with E-state index in [2.05, 4.69) is 15.5 Å². The van der Waals surface area contributed by atoms with E-state index in [0.717, 1.165) is 32.0 Å².